The minimum absolute atomic E-state index is 0.0940. The molecule has 1 saturated carbocycles. The van der Waals surface area contributed by atoms with Gasteiger partial charge in [-0.1, -0.05) is 37.5 Å². The number of rotatable bonds is 12. The van der Waals surface area contributed by atoms with Gasteiger partial charge in [-0.2, -0.15) is 11.8 Å². The molecule has 3 rings (SSSR count). The summed E-state index contributed by atoms with van der Waals surface area (Å²) in [7, 11) is -1.06. The summed E-state index contributed by atoms with van der Waals surface area (Å²) in [5.41, 5.74) is 0.244. The zero-order valence-corrected chi connectivity index (χ0v) is 21.5. The van der Waals surface area contributed by atoms with E-state index in [2.05, 4.69) is 5.32 Å². The lowest BCUT2D eigenvalue weighted by atomic mass is 10.0. The van der Waals surface area contributed by atoms with Gasteiger partial charge in [0.05, 0.1) is 24.8 Å². The van der Waals surface area contributed by atoms with Crippen LogP contribution in [0.4, 0.5) is 5.69 Å². The van der Waals surface area contributed by atoms with E-state index in [-0.39, 0.29) is 23.0 Å². The number of ether oxygens (including phenoxy) is 2. The molecule has 0 radical (unpaired) electrons. The largest absolute Gasteiger partial charge is 0.497 e. The number of anilines is 1. The average Bonchev–Trinajstić information content (AvgIpc) is 2.87. The summed E-state index contributed by atoms with van der Waals surface area (Å²) in [5.74, 6) is 1.41. The van der Waals surface area contributed by atoms with Crippen molar-refractivity contribution in [2.45, 2.75) is 48.7 Å². The third-order valence-electron chi connectivity index (χ3n) is 5.82. The van der Waals surface area contributed by atoms with Gasteiger partial charge in [-0.25, -0.2) is 8.42 Å². The maximum Gasteiger partial charge on any atom is 0.264 e. The molecule has 2 aromatic carbocycles. The number of carbonyl (C=O) groups excluding carboxylic acids is 1. The maximum atomic E-state index is 13.5. The van der Waals surface area contributed by atoms with Crippen molar-refractivity contribution in [1.82, 2.24) is 5.32 Å². The topological polar surface area (TPSA) is 84.9 Å². The van der Waals surface area contributed by atoms with Crippen LogP contribution >= 0.6 is 11.8 Å². The van der Waals surface area contributed by atoms with E-state index in [1.54, 1.807) is 36.4 Å². The SMILES string of the molecule is COc1ccc(OC)c(N(CC(=O)NCCCSC2CCCCC2)S(=O)(=O)c2ccccc2)c1. The Balaban J connectivity index is 1.71. The molecule has 0 aliphatic heterocycles. The Morgan fingerprint density at radius 2 is 1.79 bits per heavy atom. The monoisotopic (exact) mass is 506 g/mol. The molecule has 0 aromatic heterocycles. The van der Waals surface area contributed by atoms with Crippen LogP contribution in [0.3, 0.4) is 0 Å². The summed E-state index contributed by atoms with van der Waals surface area (Å²) in [6.45, 7) is 0.142. The predicted molar refractivity (Wildman–Crippen MR) is 137 cm³/mol. The Morgan fingerprint density at radius 1 is 1.06 bits per heavy atom. The number of sulfonamides is 1. The number of nitrogens with zero attached hydrogens (tertiary/aromatic N) is 1. The summed E-state index contributed by atoms with van der Waals surface area (Å²) < 4.78 is 38.8. The number of methoxy groups -OCH3 is 2. The molecule has 9 heteroatoms. The number of thioether (sulfide) groups is 1. The van der Waals surface area contributed by atoms with E-state index in [1.165, 1.54) is 58.5 Å². The minimum atomic E-state index is -4.02. The van der Waals surface area contributed by atoms with Crippen LogP contribution in [0.2, 0.25) is 0 Å². The van der Waals surface area contributed by atoms with Gasteiger partial charge in [0, 0.05) is 17.9 Å². The van der Waals surface area contributed by atoms with Crippen molar-refractivity contribution >= 4 is 33.4 Å². The fraction of sp³-hybridized carbons (Fsp3) is 0.480. The standard InChI is InChI=1S/C25H34N2O5S2/c1-31-20-14-15-24(32-2)23(18-20)27(34(29,30)22-12-7-4-8-13-22)19-25(28)26-16-9-17-33-21-10-5-3-6-11-21/h4,7-8,12-15,18,21H,3,5-6,9-11,16-17,19H2,1-2H3,(H,26,28). The van der Waals surface area contributed by atoms with Crippen LogP contribution in [-0.4, -0.2) is 52.6 Å². The summed E-state index contributed by atoms with van der Waals surface area (Å²) in [6.07, 6.45) is 7.38. The first-order chi connectivity index (χ1) is 16.5. The van der Waals surface area contributed by atoms with E-state index in [0.717, 1.165) is 21.7 Å². The first-order valence-electron chi connectivity index (χ1n) is 11.6. The normalized spacial score (nSPS) is 14.4. The van der Waals surface area contributed by atoms with Crippen molar-refractivity contribution in [2.24, 2.45) is 0 Å². The fourth-order valence-corrected chi connectivity index (χ4v) is 6.73. The Morgan fingerprint density at radius 3 is 2.47 bits per heavy atom. The van der Waals surface area contributed by atoms with Crippen LogP contribution in [0.25, 0.3) is 0 Å². The third kappa shape index (κ3) is 7.06. The number of hydrogen-bond acceptors (Lipinski definition) is 6. The molecule has 0 saturated heterocycles. The molecule has 1 aliphatic carbocycles. The van der Waals surface area contributed by atoms with E-state index in [1.807, 2.05) is 11.8 Å². The second kappa shape index (κ2) is 12.9. The van der Waals surface area contributed by atoms with Crippen LogP contribution in [0.5, 0.6) is 11.5 Å². The van der Waals surface area contributed by atoms with Crippen molar-refractivity contribution in [2.75, 3.05) is 37.4 Å². The van der Waals surface area contributed by atoms with Crippen molar-refractivity contribution in [1.29, 1.82) is 0 Å². The van der Waals surface area contributed by atoms with E-state index in [0.29, 0.717) is 18.0 Å². The van der Waals surface area contributed by atoms with Gasteiger partial charge < -0.3 is 14.8 Å². The highest BCUT2D eigenvalue weighted by Gasteiger charge is 2.29. The molecule has 0 spiro atoms. The maximum absolute atomic E-state index is 13.5. The molecular formula is C25H34N2O5S2. The molecule has 0 bridgehead atoms. The summed E-state index contributed by atoms with van der Waals surface area (Å²) in [5, 5.41) is 3.61. The van der Waals surface area contributed by atoms with Gasteiger partial charge in [0.2, 0.25) is 5.91 Å². The predicted octanol–water partition coefficient (Wildman–Crippen LogP) is 4.47. The molecule has 186 valence electrons. The van der Waals surface area contributed by atoms with Crippen LogP contribution in [0, 0.1) is 0 Å². The van der Waals surface area contributed by atoms with Gasteiger partial charge >= 0.3 is 0 Å². The van der Waals surface area contributed by atoms with E-state index < -0.39 is 10.0 Å². The number of carbonyl (C=O) groups is 1. The van der Waals surface area contributed by atoms with Gasteiger partial charge in [-0.15, -0.1) is 0 Å². The Kier molecular flexibility index (Phi) is 9.95. The molecule has 0 heterocycles. The number of benzene rings is 2. The summed E-state index contributed by atoms with van der Waals surface area (Å²) in [4.78, 5) is 12.9. The quantitative estimate of drug-likeness (QED) is 0.428. The molecule has 1 aliphatic rings. The number of hydrogen-bond donors (Lipinski definition) is 1. The van der Waals surface area contributed by atoms with E-state index >= 15 is 0 Å². The number of nitrogens with one attached hydrogen (secondary N) is 1. The molecule has 0 atom stereocenters. The molecular weight excluding hydrogens is 472 g/mol. The second-order valence-electron chi connectivity index (χ2n) is 8.20. The van der Waals surface area contributed by atoms with Gasteiger partial charge in [0.25, 0.3) is 10.0 Å². The first kappa shape index (κ1) is 26.2. The Bertz CT molecular complexity index is 1020. The highest BCUT2D eigenvalue weighted by Crippen LogP contribution is 2.35. The molecule has 1 N–H and O–H groups in total. The summed E-state index contributed by atoms with van der Waals surface area (Å²) >= 11 is 1.98. The average molecular weight is 507 g/mol. The lowest BCUT2D eigenvalue weighted by Crippen LogP contribution is -2.41. The third-order valence-corrected chi connectivity index (χ3v) is 9.06. The summed E-state index contributed by atoms with van der Waals surface area (Å²) in [6, 6.07) is 12.9. The Labute approximate surface area is 207 Å². The zero-order valence-electron chi connectivity index (χ0n) is 19.9. The molecule has 1 fully saturated rings. The van der Waals surface area contributed by atoms with Crippen molar-refractivity contribution in [3.8, 4) is 11.5 Å². The lowest BCUT2D eigenvalue weighted by Gasteiger charge is -2.26. The Hall–Kier alpha value is -2.39. The van der Waals surface area contributed by atoms with Crippen molar-refractivity contribution in [3.05, 3.63) is 48.5 Å². The highest BCUT2D eigenvalue weighted by atomic mass is 32.2. The van der Waals surface area contributed by atoms with Gasteiger partial charge in [0.15, 0.2) is 0 Å². The first-order valence-corrected chi connectivity index (χ1v) is 14.1. The highest BCUT2D eigenvalue weighted by molar-refractivity contribution is 7.99. The van der Waals surface area contributed by atoms with Crippen LogP contribution in [0.15, 0.2) is 53.4 Å². The lowest BCUT2D eigenvalue weighted by molar-refractivity contribution is -0.119. The van der Waals surface area contributed by atoms with Crippen molar-refractivity contribution < 1.29 is 22.7 Å². The van der Waals surface area contributed by atoms with Crippen LogP contribution < -0.4 is 19.1 Å². The van der Waals surface area contributed by atoms with Gasteiger partial charge in [0.1, 0.15) is 18.0 Å². The van der Waals surface area contributed by atoms with E-state index in [9.17, 15) is 13.2 Å². The second-order valence-corrected chi connectivity index (χ2v) is 11.5. The van der Waals surface area contributed by atoms with Gasteiger partial charge in [-0.3, -0.25) is 9.10 Å². The number of amides is 1. The molecule has 1 amide bonds. The van der Waals surface area contributed by atoms with Gasteiger partial charge in [-0.05, 0) is 49.3 Å². The zero-order chi connectivity index (χ0) is 24.4. The van der Waals surface area contributed by atoms with E-state index in [4.69, 9.17) is 9.47 Å². The van der Waals surface area contributed by atoms with Crippen molar-refractivity contribution in [3.63, 3.8) is 0 Å². The fourth-order valence-electron chi connectivity index (χ4n) is 3.98. The molecule has 0 unspecified atom stereocenters. The molecule has 2 aromatic rings. The van der Waals surface area contributed by atoms with Crippen LogP contribution in [0.1, 0.15) is 38.5 Å². The van der Waals surface area contributed by atoms with Crippen LogP contribution in [-0.2, 0) is 14.8 Å². The molecule has 34 heavy (non-hydrogen) atoms. The smallest absolute Gasteiger partial charge is 0.264 e. The minimum Gasteiger partial charge on any atom is -0.497 e. The molecule has 7 nitrogen and oxygen atoms in total.